The van der Waals surface area contributed by atoms with Crippen LogP contribution in [0.5, 0.6) is 5.75 Å². The lowest BCUT2D eigenvalue weighted by Gasteiger charge is -2.10. The fourth-order valence-electron chi connectivity index (χ4n) is 2.59. The van der Waals surface area contributed by atoms with Crippen molar-refractivity contribution in [1.82, 2.24) is 15.0 Å². The van der Waals surface area contributed by atoms with E-state index in [-0.39, 0.29) is 29.9 Å². The van der Waals surface area contributed by atoms with Crippen LogP contribution in [0.2, 0.25) is 0 Å². The van der Waals surface area contributed by atoms with E-state index in [9.17, 15) is 9.59 Å². The van der Waals surface area contributed by atoms with Gasteiger partial charge in [0.2, 0.25) is 5.82 Å². The summed E-state index contributed by atoms with van der Waals surface area (Å²) in [6.45, 7) is 3.82. The number of carbonyl (C=O) groups excluding carboxylic acids is 1. The molecule has 8 heteroatoms. The molecule has 0 fully saturated rings. The van der Waals surface area contributed by atoms with Crippen molar-refractivity contribution in [2.75, 3.05) is 14.1 Å². The molecule has 0 unspecified atom stereocenters. The minimum atomic E-state index is -0.389. The van der Waals surface area contributed by atoms with Crippen LogP contribution in [0, 0.1) is 6.92 Å². The van der Waals surface area contributed by atoms with Crippen LogP contribution >= 0.6 is 0 Å². The van der Waals surface area contributed by atoms with Crippen molar-refractivity contribution in [2.24, 2.45) is 0 Å². The van der Waals surface area contributed by atoms with Gasteiger partial charge in [-0.1, -0.05) is 12.1 Å². The Morgan fingerprint density at radius 1 is 1.31 bits per heavy atom. The largest absolute Gasteiger partial charge is 0.485 e. The monoisotopic (exact) mass is 357 g/mol. The maximum Gasteiger partial charge on any atom is 0.336 e. The lowest BCUT2D eigenvalue weighted by Crippen LogP contribution is -2.22. The fraction of sp³-hybridized carbons (Fsp3) is 0.333. The topological polar surface area (TPSA) is 98.7 Å². The molecular weight excluding hydrogens is 338 g/mol. The van der Waals surface area contributed by atoms with E-state index in [0.29, 0.717) is 16.9 Å². The Balaban J connectivity index is 1.85. The van der Waals surface area contributed by atoms with E-state index in [1.54, 1.807) is 14.1 Å². The summed E-state index contributed by atoms with van der Waals surface area (Å²) in [5.74, 6) is 0.319. The number of benzene rings is 1. The number of rotatable bonds is 5. The van der Waals surface area contributed by atoms with Gasteiger partial charge in [-0.25, -0.2) is 4.79 Å². The Morgan fingerprint density at radius 2 is 2.08 bits per heavy atom. The van der Waals surface area contributed by atoms with Gasteiger partial charge in [-0.3, -0.25) is 4.79 Å². The van der Waals surface area contributed by atoms with Crippen molar-refractivity contribution in [3.63, 3.8) is 0 Å². The maximum absolute atomic E-state index is 11.8. The summed E-state index contributed by atoms with van der Waals surface area (Å²) in [4.78, 5) is 28.9. The number of fused-ring (bicyclic) bond motifs is 1. The van der Waals surface area contributed by atoms with Crippen LogP contribution in [0.4, 0.5) is 0 Å². The van der Waals surface area contributed by atoms with E-state index in [4.69, 9.17) is 13.7 Å². The summed E-state index contributed by atoms with van der Waals surface area (Å²) >= 11 is 0. The number of aryl methyl sites for hydroxylation is 2. The molecule has 0 aliphatic heterocycles. The molecule has 0 saturated carbocycles. The van der Waals surface area contributed by atoms with Gasteiger partial charge in [0.15, 0.2) is 6.61 Å². The summed E-state index contributed by atoms with van der Waals surface area (Å²) in [7, 11) is 3.19. The number of hydrogen-bond acceptors (Lipinski definition) is 7. The third kappa shape index (κ3) is 3.30. The second-order valence-electron chi connectivity index (χ2n) is 6.01. The number of hydrogen-bond donors (Lipinski definition) is 0. The maximum atomic E-state index is 11.8. The second-order valence-corrected chi connectivity index (χ2v) is 6.01. The van der Waals surface area contributed by atoms with E-state index in [0.717, 1.165) is 17.4 Å². The van der Waals surface area contributed by atoms with Gasteiger partial charge in [-0.05, 0) is 31.0 Å². The predicted molar refractivity (Wildman–Crippen MR) is 93.2 cm³/mol. The summed E-state index contributed by atoms with van der Waals surface area (Å²) in [5.41, 5.74) is 1.75. The number of nitrogens with zero attached hydrogens (tertiary/aromatic N) is 3. The molecule has 136 valence electrons. The number of amides is 1. The van der Waals surface area contributed by atoms with Crippen LogP contribution in [0.3, 0.4) is 0 Å². The van der Waals surface area contributed by atoms with Crippen LogP contribution in [-0.4, -0.2) is 35.0 Å². The first-order valence-corrected chi connectivity index (χ1v) is 8.14. The normalized spacial score (nSPS) is 10.9. The first-order valence-electron chi connectivity index (χ1n) is 8.14. The van der Waals surface area contributed by atoms with Crippen LogP contribution in [0.25, 0.3) is 11.0 Å². The van der Waals surface area contributed by atoms with Gasteiger partial charge in [0.05, 0.1) is 0 Å². The molecule has 0 aliphatic carbocycles. The third-order valence-corrected chi connectivity index (χ3v) is 3.99. The van der Waals surface area contributed by atoms with Crippen molar-refractivity contribution < 1.29 is 18.5 Å². The molecule has 1 amide bonds. The van der Waals surface area contributed by atoms with E-state index < -0.39 is 0 Å². The van der Waals surface area contributed by atoms with Crippen LogP contribution in [-0.2, 0) is 13.0 Å². The molecule has 2 heterocycles. The molecule has 0 spiro atoms. The molecule has 0 atom stereocenters. The molecule has 3 aromatic rings. The molecule has 1 aromatic carbocycles. The van der Waals surface area contributed by atoms with Gasteiger partial charge >= 0.3 is 17.4 Å². The highest BCUT2D eigenvalue weighted by Crippen LogP contribution is 2.29. The van der Waals surface area contributed by atoms with Crippen LogP contribution in [0.15, 0.2) is 31.9 Å². The molecule has 26 heavy (non-hydrogen) atoms. The van der Waals surface area contributed by atoms with E-state index >= 15 is 0 Å². The quantitative estimate of drug-likeness (QED) is 0.646. The van der Waals surface area contributed by atoms with E-state index in [1.807, 2.05) is 26.0 Å². The molecule has 8 nitrogen and oxygen atoms in total. The van der Waals surface area contributed by atoms with Crippen LogP contribution < -0.4 is 10.4 Å². The number of carbonyl (C=O) groups is 1. The van der Waals surface area contributed by atoms with Crippen molar-refractivity contribution in [3.8, 4) is 5.75 Å². The fourth-order valence-corrected chi connectivity index (χ4v) is 2.59. The van der Waals surface area contributed by atoms with Crippen molar-refractivity contribution in [3.05, 3.63) is 51.5 Å². The number of aromatic nitrogens is 2. The van der Waals surface area contributed by atoms with Gasteiger partial charge in [-0.2, -0.15) is 4.98 Å². The first kappa shape index (κ1) is 17.7. The highest BCUT2D eigenvalue weighted by molar-refractivity contribution is 5.89. The average molecular weight is 357 g/mol. The smallest absolute Gasteiger partial charge is 0.336 e. The van der Waals surface area contributed by atoms with Crippen LogP contribution in [0.1, 0.15) is 34.6 Å². The van der Waals surface area contributed by atoms with Gasteiger partial charge in [0.25, 0.3) is 0 Å². The SMILES string of the molecule is CCc1cc(=O)oc2c(C)c(OCc3noc(C(=O)N(C)C)n3)ccc12. The third-order valence-electron chi connectivity index (χ3n) is 3.99. The molecule has 2 aromatic heterocycles. The number of ether oxygens (including phenoxy) is 1. The summed E-state index contributed by atoms with van der Waals surface area (Å²) in [6, 6.07) is 5.17. The van der Waals surface area contributed by atoms with Gasteiger partial charge in [0, 0.05) is 31.1 Å². The molecule has 0 saturated heterocycles. The van der Waals surface area contributed by atoms with Crippen molar-refractivity contribution >= 4 is 16.9 Å². The molecule has 0 bridgehead atoms. The lowest BCUT2D eigenvalue weighted by molar-refractivity contribution is 0.0779. The summed E-state index contributed by atoms with van der Waals surface area (Å²) in [6.07, 6.45) is 0.729. The Morgan fingerprint density at radius 3 is 2.77 bits per heavy atom. The highest BCUT2D eigenvalue weighted by Gasteiger charge is 2.18. The summed E-state index contributed by atoms with van der Waals surface area (Å²) < 4.78 is 16.0. The highest BCUT2D eigenvalue weighted by atomic mass is 16.5. The first-order chi connectivity index (χ1) is 12.4. The van der Waals surface area contributed by atoms with E-state index in [2.05, 4.69) is 10.1 Å². The lowest BCUT2D eigenvalue weighted by atomic mass is 10.0. The Kier molecular flexibility index (Phi) is 4.75. The minimum Gasteiger partial charge on any atom is -0.485 e. The zero-order chi connectivity index (χ0) is 18.8. The molecule has 3 rings (SSSR count). The zero-order valence-electron chi connectivity index (χ0n) is 15.0. The minimum absolute atomic E-state index is 0.0221. The van der Waals surface area contributed by atoms with Gasteiger partial charge in [-0.15, -0.1) is 0 Å². The zero-order valence-corrected chi connectivity index (χ0v) is 15.0. The summed E-state index contributed by atoms with van der Waals surface area (Å²) in [5, 5.41) is 4.62. The Hall–Kier alpha value is -3.16. The molecule has 0 radical (unpaired) electrons. The molecule has 0 N–H and O–H groups in total. The average Bonchev–Trinajstić information content (AvgIpc) is 3.09. The Bertz CT molecular complexity index is 1020. The van der Waals surface area contributed by atoms with Crippen molar-refractivity contribution in [2.45, 2.75) is 26.9 Å². The van der Waals surface area contributed by atoms with E-state index in [1.165, 1.54) is 11.0 Å². The molecule has 0 aliphatic rings. The molecular formula is C18H19N3O5. The predicted octanol–water partition coefficient (Wildman–Crippen LogP) is 2.33. The Labute approximate surface area is 149 Å². The van der Waals surface area contributed by atoms with Crippen molar-refractivity contribution in [1.29, 1.82) is 0 Å². The van der Waals surface area contributed by atoms with Gasteiger partial charge < -0.3 is 18.6 Å². The second kappa shape index (κ2) is 6.99. The van der Waals surface area contributed by atoms with Gasteiger partial charge in [0.1, 0.15) is 11.3 Å². The standard InChI is InChI=1S/C18H19N3O5/c1-5-11-8-15(22)25-16-10(2)13(7-6-12(11)16)24-9-14-19-17(26-20-14)18(23)21(3)4/h6-8H,5,9H2,1-4H3.